The second-order valence-corrected chi connectivity index (χ2v) is 5.72. The van der Waals surface area contributed by atoms with Crippen LogP contribution in [0.3, 0.4) is 0 Å². The van der Waals surface area contributed by atoms with E-state index in [-0.39, 0.29) is 0 Å². The third-order valence-corrected chi connectivity index (χ3v) is 3.82. The van der Waals surface area contributed by atoms with E-state index in [0.29, 0.717) is 11.5 Å². The molecule has 0 aliphatic carbocycles. The third kappa shape index (κ3) is 2.90. The molecule has 5 heteroatoms. The zero-order chi connectivity index (χ0) is 12.4. The van der Waals surface area contributed by atoms with Gasteiger partial charge in [-0.15, -0.1) is 0 Å². The minimum atomic E-state index is 0.684. The number of aromatic nitrogens is 1. The number of halogens is 2. The van der Waals surface area contributed by atoms with Crippen molar-refractivity contribution in [2.45, 2.75) is 6.92 Å². The number of hydrogen-bond acceptors (Lipinski definition) is 3. The Morgan fingerprint density at radius 2 is 2.12 bits per heavy atom. The Morgan fingerprint density at radius 3 is 2.88 bits per heavy atom. The predicted octanol–water partition coefficient (Wildman–Crippen LogP) is 4.08. The molecule has 1 heterocycles. The van der Waals surface area contributed by atoms with Gasteiger partial charge in [0, 0.05) is 14.2 Å². The number of nitrogens with two attached hydrogens (primary N) is 1. The molecule has 0 fully saturated rings. The van der Waals surface area contributed by atoms with Gasteiger partial charge in [0.05, 0.1) is 11.4 Å². The molecule has 0 aliphatic heterocycles. The zero-order valence-electron chi connectivity index (χ0n) is 9.17. The van der Waals surface area contributed by atoms with Crippen molar-refractivity contribution < 1.29 is 0 Å². The van der Waals surface area contributed by atoms with Crippen LogP contribution in [0.25, 0.3) is 0 Å². The van der Waals surface area contributed by atoms with E-state index in [4.69, 9.17) is 5.73 Å². The SMILES string of the molecule is Cc1ccnc(Nc2cc(Br)ccc2I)c1N. The van der Waals surface area contributed by atoms with Crippen LogP contribution >= 0.6 is 38.5 Å². The molecule has 2 rings (SSSR count). The van der Waals surface area contributed by atoms with E-state index in [2.05, 4.69) is 48.8 Å². The van der Waals surface area contributed by atoms with Crippen molar-refractivity contribution in [1.82, 2.24) is 4.98 Å². The Morgan fingerprint density at radius 1 is 1.35 bits per heavy atom. The first-order valence-electron chi connectivity index (χ1n) is 5.01. The summed E-state index contributed by atoms with van der Waals surface area (Å²) in [5.41, 5.74) is 8.67. The third-order valence-electron chi connectivity index (χ3n) is 2.39. The molecule has 1 aromatic heterocycles. The summed E-state index contributed by atoms with van der Waals surface area (Å²) in [4.78, 5) is 4.25. The van der Waals surface area contributed by atoms with Crippen molar-refractivity contribution in [1.29, 1.82) is 0 Å². The van der Waals surface area contributed by atoms with Gasteiger partial charge >= 0.3 is 0 Å². The lowest BCUT2D eigenvalue weighted by Crippen LogP contribution is -2.01. The molecule has 0 saturated carbocycles. The molecule has 3 nitrogen and oxygen atoms in total. The highest BCUT2D eigenvalue weighted by atomic mass is 127. The van der Waals surface area contributed by atoms with Crippen molar-refractivity contribution in [3.8, 4) is 0 Å². The number of nitrogen functional groups attached to an aromatic ring is 1. The average molecular weight is 404 g/mol. The summed E-state index contributed by atoms with van der Waals surface area (Å²) in [6.07, 6.45) is 1.75. The lowest BCUT2D eigenvalue weighted by Gasteiger charge is -2.11. The second-order valence-electron chi connectivity index (χ2n) is 3.64. The van der Waals surface area contributed by atoms with E-state index in [0.717, 1.165) is 19.3 Å². The predicted molar refractivity (Wildman–Crippen MR) is 83.5 cm³/mol. The Balaban J connectivity index is 2.38. The van der Waals surface area contributed by atoms with Gasteiger partial charge in [0.2, 0.25) is 0 Å². The molecular formula is C12H11BrIN3. The smallest absolute Gasteiger partial charge is 0.153 e. The molecule has 0 bridgehead atoms. The summed E-state index contributed by atoms with van der Waals surface area (Å²) in [5, 5.41) is 3.25. The fraction of sp³-hybridized carbons (Fsp3) is 0.0833. The Hall–Kier alpha value is -0.820. The maximum absolute atomic E-state index is 5.98. The number of pyridine rings is 1. The molecule has 0 unspecified atom stereocenters. The highest BCUT2D eigenvalue weighted by Gasteiger charge is 2.06. The number of anilines is 3. The highest BCUT2D eigenvalue weighted by Crippen LogP contribution is 2.28. The molecule has 0 spiro atoms. The standard InChI is InChI=1S/C12H11BrIN3/c1-7-4-5-16-12(11(7)15)17-10-6-8(13)2-3-9(10)14/h2-6H,15H2,1H3,(H,16,17). The molecule has 0 amide bonds. The van der Waals surface area contributed by atoms with Crippen LogP contribution in [0.1, 0.15) is 5.56 Å². The minimum absolute atomic E-state index is 0.684. The molecule has 0 aliphatic rings. The number of nitrogens with zero attached hydrogens (tertiary/aromatic N) is 1. The summed E-state index contributed by atoms with van der Waals surface area (Å²) in [6, 6.07) is 7.93. The van der Waals surface area contributed by atoms with Crippen molar-refractivity contribution in [3.63, 3.8) is 0 Å². The number of aryl methyl sites for hydroxylation is 1. The molecule has 17 heavy (non-hydrogen) atoms. The van der Waals surface area contributed by atoms with Gasteiger partial charge in [0.1, 0.15) is 0 Å². The van der Waals surface area contributed by atoms with E-state index >= 15 is 0 Å². The van der Waals surface area contributed by atoms with Crippen molar-refractivity contribution in [2.24, 2.45) is 0 Å². The van der Waals surface area contributed by atoms with E-state index in [9.17, 15) is 0 Å². The Bertz CT molecular complexity index is 557. The van der Waals surface area contributed by atoms with Crippen LogP contribution in [0.2, 0.25) is 0 Å². The molecule has 88 valence electrons. The number of hydrogen-bond donors (Lipinski definition) is 2. The lowest BCUT2D eigenvalue weighted by atomic mass is 10.2. The van der Waals surface area contributed by atoms with E-state index in [1.807, 2.05) is 31.2 Å². The summed E-state index contributed by atoms with van der Waals surface area (Å²) in [7, 11) is 0. The summed E-state index contributed by atoms with van der Waals surface area (Å²) in [6.45, 7) is 1.97. The van der Waals surface area contributed by atoms with E-state index in [1.54, 1.807) is 6.20 Å². The zero-order valence-corrected chi connectivity index (χ0v) is 12.9. The fourth-order valence-electron chi connectivity index (χ4n) is 1.39. The van der Waals surface area contributed by atoms with E-state index in [1.165, 1.54) is 0 Å². The van der Waals surface area contributed by atoms with Gasteiger partial charge < -0.3 is 11.1 Å². The summed E-state index contributed by atoms with van der Waals surface area (Å²) >= 11 is 5.72. The fourth-order valence-corrected chi connectivity index (χ4v) is 2.22. The van der Waals surface area contributed by atoms with Gasteiger partial charge in [0.25, 0.3) is 0 Å². The summed E-state index contributed by atoms with van der Waals surface area (Å²) in [5.74, 6) is 0.695. The number of benzene rings is 1. The highest BCUT2D eigenvalue weighted by molar-refractivity contribution is 14.1. The van der Waals surface area contributed by atoms with Crippen molar-refractivity contribution >= 4 is 55.7 Å². The van der Waals surface area contributed by atoms with Crippen LogP contribution in [-0.4, -0.2) is 4.98 Å². The average Bonchev–Trinajstić information content (AvgIpc) is 2.30. The van der Waals surface area contributed by atoms with Gasteiger partial charge in [-0.1, -0.05) is 15.9 Å². The minimum Gasteiger partial charge on any atom is -0.396 e. The largest absolute Gasteiger partial charge is 0.396 e. The Labute approximate surface area is 122 Å². The van der Waals surface area contributed by atoms with Crippen LogP contribution in [0.5, 0.6) is 0 Å². The van der Waals surface area contributed by atoms with Gasteiger partial charge in [-0.2, -0.15) is 0 Å². The second kappa shape index (κ2) is 5.22. The molecule has 0 saturated heterocycles. The van der Waals surface area contributed by atoms with Crippen LogP contribution in [0.4, 0.5) is 17.2 Å². The van der Waals surface area contributed by atoms with Crippen LogP contribution < -0.4 is 11.1 Å². The maximum atomic E-state index is 5.98. The number of rotatable bonds is 2. The molecule has 0 radical (unpaired) electrons. The first-order valence-corrected chi connectivity index (χ1v) is 6.88. The molecular weight excluding hydrogens is 393 g/mol. The number of nitrogens with one attached hydrogen (secondary N) is 1. The van der Waals surface area contributed by atoms with Crippen molar-refractivity contribution in [2.75, 3.05) is 11.1 Å². The lowest BCUT2D eigenvalue weighted by molar-refractivity contribution is 1.27. The normalized spacial score (nSPS) is 10.3. The first-order chi connectivity index (χ1) is 8.08. The van der Waals surface area contributed by atoms with Crippen LogP contribution in [0.15, 0.2) is 34.9 Å². The topological polar surface area (TPSA) is 50.9 Å². The quantitative estimate of drug-likeness (QED) is 0.742. The van der Waals surface area contributed by atoms with Crippen LogP contribution in [-0.2, 0) is 0 Å². The van der Waals surface area contributed by atoms with Gasteiger partial charge in [-0.05, 0) is 59.3 Å². The molecule has 1 aromatic carbocycles. The molecule has 3 N–H and O–H groups in total. The van der Waals surface area contributed by atoms with Gasteiger partial charge in [-0.25, -0.2) is 4.98 Å². The maximum Gasteiger partial charge on any atom is 0.153 e. The van der Waals surface area contributed by atoms with Gasteiger partial charge in [0.15, 0.2) is 5.82 Å². The molecule has 2 aromatic rings. The van der Waals surface area contributed by atoms with Crippen molar-refractivity contribution in [3.05, 3.63) is 44.1 Å². The van der Waals surface area contributed by atoms with E-state index < -0.39 is 0 Å². The summed E-state index contributed by atoms with van der Waals surface area (Å²) < 4.78 is 2.14. The van der Waals surface area contributed by atoms with Crippen LogP contribution in [0, 0.1) is 10.5 Å². The first kappa shape index (κ1) is 12.6. The molecule has 0 atom stereocenters. The monoisotopic (exact) mass is 403 g/mol. The Kier molecular flexibility index (Phi) is 3.88. The van der Waals surface area contributed by atoms with Gasteiger partial charge in [-0.3, -0.25) is 0 Å².